The number of carbonyl (C=O) groups excluding carboxylic acids is 1. The van der Waals surface area contributed by atoms with Crippen molar-refractivity contribution < 1.29 is 4.79 Å². The van der Waals surface area contributed by atoms with E-state index in [1.807, 2.05) is 31.2 Å². The Kier molecular flexibility index (Phi) is 4.60. The van der Waals surface area contributed by atoms with Gasteiger partial charge < -0.3 is 5.32 Å². The highest BCUT2D eigenvalue weighted by molar-refractivity contribution is 8.02. The lowest BCUT2D eigenvalue weighted by molar-refractivity contribution is -0.115. The molecule has 1 aromatic heterocycles. The van der Waals surface area contributed by atoms with Gasteiger partial charge in [0.05, 0.1) is 27.1 Å². The zero-order valence-electron chi connectivity index (χ0n) is 12.3. The molecule has 1 N–H and O–H groups in total. The summed E-state index contributed by atoms with van der Waals surface area (Å²) in [6.45, 7) is 1.85. The average Bonchev–Trinajstić information content (AvgIpc) is 2.97. The molecule has 3 rings (SSSR count). The predicted molar refractivity (Wildman–Crippen MR) is 94.7 cm³/mol. The van der Waals surface area contributed by atoms with Crippen molar-refractivity contribution in [1.29, 1.82) is 5.26 Å². The Morgan fingerprint density at radius 1 is 1.30 bits per heavy atom. The van der Waals surface area contributed by atoms with Gasteiger partial charge in [0.25, 0.3) is 0 Å². The van der Waals surface area contributed by atoms with E-state index in [-0.39, 0.29) is 11.2 Å². The van der Waals surface area contributed by atoms with Crippen molar-refractivity contribution >= 4 is 44.9 Å². The molecule has 0 saturated carbocycles. The Morgan fingerprint density at radius 2 is 2.13 bits per heavy atom. The number of thiazole rings is 1. The maximum absolute atomic E-state index is 12.3. The van der Waals surface area contributed by atoms with Crippen LogP contribution in [0.2, 0.25) is 0 Å². The number of anilines is 1. The maximum Gasteiger partial charge on any atom is 0.237 e. The Morgan fingerprint density at radius 3 is 2.91 bits per heavy atom. The molecule has 1 amide bonds. The fraction of sp³-hybridized carbons (Fsp3) is 0.118. The van der Waals surface area contributed by atoms with Crippen molar-refractivity contribution in [3.8, 4) is 6.07 Å². The number of rotatable bonds is 4. The number of carbonyl (C=O) groups is 1. The van der Waals surface area contributed by atoms with Crippen molar-refractivity contribution in [2.75, 3.05) is 5.32 Å². The van der Waals surface area contributed by atoms with Gasteiger partial charge in [-0.25, -0.2) is 4.98 Å². The standard InChI is InChI=1S/C17H13N3OS2/c1-11(16(21)19-13-6-4-5-12(9-13)10-18)22-17-20-14-7-2-3-8-15(14)23-17/h2-9,11H,1H3,(H,19,21)/t11-/m1/s1. The Labute approximate surface area is 142 Å². The number of fused-ring (bicyclic) bond motifs is 1. The number of benzene rings is 2. The normalized spacial score (nSPS) is 11.8. The van der Waals surface area contributed by atoms with Crippen LogP contribution in [0, 0.1) is 11.3 Å². The Balaban J connectivity index is 1.68. The second kappa shape index (κ2) is 6.82. The summed E-state index contributed by atoms with van der Waals surface area (Å²) in [6.07, 6.45) is 0. The minimum atomic E-state index is -0.277. The minimum absolute atomic E-state index is 0.107. The van der Waals surface area contributed by atoms with Gasteiger partial charge in [-0.05, 0) is 37.3 Å². The van der Waals surface area contributed by atoms with E-state index < -0.39 is 0 Å². The number of para-hydroxylation sites is 1. The molecule has 1 heterocycles. The fourth-order valence-corrected chi connectivity index (χ4v) is 4.23. The smallest absolute Gasteiger partial charge is 0.237 e. The molecule has 0 saturated heterocycles. The second-order valence-electron chi connectivity index (χ2n) is 4.89. The molecule has 114 valence electrons. The molecule has 3 aromatic rings. The molecule has 2 aromatic carbocycles. The molecule has 6 heteroatoms. The molecule has 0 fully saturated rings. The van der Waals surface area contributed by atoms with Gasteiger partial charge in [0.1, 0.15) is 0 Å². The van der Waals surface area contributed by atoms with Gasteiger partial charge in [-0.1, -0.05) is 30.0 Å². The number of aromatic nitrogens is 1. The van der Waals surface area contributed by atoms with Gasteiger partial charge in [0.15, 0.2) is 4.34 Å². The van der Waals surface area contributed by atoms with Crippen LogP contribution < -0.4 is 5.32 Å². The monoisotopic (exact) mass is 339 g/mol. The fourth-order valence-electron chi connectivity index (χ4n) is 2.02. The minimum Gasteiger partial charge on any atom is -0.325 e. The van der Waals surface area contributed by atoms with E-state index in [4.69, 9.17) is 5.26 Å². The third-order valence-electron chi connectivity index (χ3n) is 3.18. The summed E-state index contributed by atoms with van der Waals surface area (Å²) in [4.78, 5) is 16.8. The number of hydrogen-bond donors (Lipinski definition) is 1. The highest BCUT2D eigenvalue weighted by atomic mass is 32.2. The molecule has 0 aliphatic carbocycles. The zero-order valence-corrected chi connectivity index (χ0v) is 13.9. The van der Waals surface area contributed by atoms with Gasteiger partial charge in [0.2, 0.25) is 5.91 Å². The van der Waals surface area contributed by atoms with Gasteiger partial charge in [0, 0.05) is 5.69 Å². The molecule has 4 nitrogen and oxygen atoms in total. The first-order valence-corrected chi connectivity index (χ1v) is 8.68. The molecular weight excluding hydrogens is 326 g/mol. The molecule has 0 bridgehead atoms. The van der Waals surface area contributed by atoms with Gasteiger partial charge in [-0.2, -0.15) is 5.26 Å². The lowest BCUT2D eigenvalue weighted by atomic mass is 10.2. The van der Waals surface area contributed by atoms with Crippen LogP contribution in [-0.2, 0) is 4.79 Å². The summed E-state index contributed by atoms with van der Waals surface area (Å²) in [5.74, 6) is -0.107. The van der Waals surface area contributed by atoms with Gasteiger partial charge in [-0.3, -0.25) is 4.79 Å². The molecule has 1 atom stereocenters. The first-order chi connectivity index (χ1) is 11.2. The first-order valence-electron chi connectivity index (χ1n) is 6.99. The molecule has 23 heavy (non-hydrogen) atoms. The van der Waals surface area contributed by atoms with E-state index in [1.54, 1.807) is 35.6 Å². The van der Waals surface area contributed by atoms with Crippen LogP contribution in [-0.4, -0.2) is 16.1 Å². The van der Waals surface area contributed by atoms with Crippen molar-refractivity contribution in [3.05, 3.63) is 54.1 Å². The van der Waals surface area contributed by atoms with Crippen molar-refractivity contribution in [1.82, 2.24) is 4.98 Å². The molecule has 0 aliphatic heterocycles. The highest BCUT2D eigenvalue weighted by Gasteiger charge is 2.17. The number of nitrogens with zero attached hydrogens (tertiary/aromatic N) is 2. The van der Waals surface area contributed by atoms with E-state index in [2.05, 4.69) is 16.4 Å². The predicted octanol–water partition coefficient (Wildman–Crippen LogP) is 4.29. The molecule has 0 spiro atoms. The number of amides is 1. The third kappa shape index (κ3) is 3.70. The quantitative estimate of drug-likeness (QED) is 0.720. The summed E-state index contributed by atoms with van der Waals surface area (Å²) in [7, 11) is 0. The topological polar surface area (TPSA) is 65.8 Å². The van der Waals surface area contributed by atoms with Gasteiger partial charge >= 0.3 is 0 Å². The van der Waals surface area contributed by atoms with Gasteiger partial charge in [-0.15, -0.1) is 11.3 Å². The Hall–Kier alpha value is -2.36. The molecule has 0 aliphatic rings. The van der Waals surface area contributed by atoms with Crippen LogP contribution in [0.5, 0.6) is 0 Å². The first kappa shape index (κ1) is 15.5. The van der Waals surface area contributed by atoms with E-state index in [0.717, 1.165) is 14.6 Å². The van der Waals surface area contributed by atoms with E-state index >= 15 is 0 Å². The summed E-state index contributed by atoms with van der Waals surface area (Å²) in [5.41, 5.74) is 2.11. The van der Waals surface area contributed by atoms with Crippen LogP contribution in [0.3, 0.4) is 0 Å². The van der Waals surface area contributed by atoms with Crippen LogP contribution >= 0.6 is 23.1 Å². The SMILES string of the molecule is C[C@@H](Sc1nc2ccccc2s1)C(=O)Nc1cccc(C#N)c1. The van der Waals surface area contributed by atoms with Crippen LogP contribution in [0.15, 0.2) is 52.9 Å². The second-order valence-corrected chi connectivity index (χ2v) is 7.51. The Bertz CT molecular complexity index is 865. The molecular formula is C17H13N3OS2. The molecule has 0 radical (unpaired) electrons. The van der Waals surface area contributed by atoms with E-state index in [9.17, 15) is 4.79 Å². The van der Waals surface area contributed by atoms with Crippen molar-refractivity contribution in [2.24, 2.45) is 0 Å². The van der Waals surface area contributed by atoms with Crippen molar-refractivity contribution in [2.45, 2.75) is 16.5 Å². The molecule has 0 unspecified atom stereocenters. The average molecular weight is 339 g/mol. The number of thioether (sulfide) groups is 1. The third-order valence-corrected chi connectivity index (χ3v) is 5.41. The van der Waals surface area contributed by atoms with Crippen LogP contribution in [0.25, 0.3) is 10.2 Å². The maximum atomic E-state index is 12.3. The lowest BCUT2D eigenvalue weighted by Crippen LogP contribution is -2.22. The number of hydrogen-bond acceptors (Lipinski definition) is 5. The summed E-state index contributed by atoms with van der Waals surface area (Å²) >= 11 is 3.02. The van der Waals surface area contributed by atoms with Crippen LogP contribution in [0.4, 0.5) is 5.69 Å². The summed E-state index contributed by atoms with van der Waals surface area (Å²) < 4.78 is 1.99. The van der Waals surface area contributed by atoms with Crippen LogP contribution in [0.1, 0.15) is 12.5 Å². The summed E-state index contributed by atoms with van der Waals surface area (Å²) in [5, 5.41) is 11.5. The van der Waals surface area contributed by atoms with E-state index in [1.165, 1.54) is 11.8 Å². The highest BCUT2D eigenvalue weighted by Crippen LogP contribution is 2.32. The lowest BCUT2D eigenvalue weighted by Gasteiger charge is -2.10. The summed E-state index contributed by atoms with van der Waals surface area (Å²) in [6, 6.07) is 16.9. The zero-order chi connectivity index (χ0) is 16.2. The van der Waals surface area contributed by atoms with Crippen molar-refractivity contribution in [3.63, 3.8) is 0 Å². The number of nitriles is 1. The van der Waals surface area contributed by atoms with E-state index in [0.29, 0.717) is 11.3 Å². The number of nitrogens with one attached hydrogen (secondary N) is 1. The largest absolute Gasteiger partial charge is 0.325 e.